The number of benzene rings is 1. The Morgan fingerprint density at radius 2 is 1.63 bits per heavy atom. The van der Waals surface area contributed by atoms with Crippen LogP contribution in [0, 0.1) is 17.6 Å². The summed E-state index contributed by atoms with van der Waals surface area (Å²) in [5.41, 5.74) is 0.182. The molecule has 0 fully saturated rings. The van der Waals surface area contributed by atoms with Gasteiger partial charge in [-0.1, -0.05) is 13.8 Å². The summed E-state index contributed by atoms with van der Waals surface area (Å²) in [5.74, 6) is -3.37. The van der Waals surface area contributed by atoms with Crippen LogP contribution in [0.15, 0.2) is 34.7 Å². The van der Waals surface area contributed by atoms with Crippen LogP contribution in [0.2, 0.25) is 0 Å². The largest absolute Gasteiger partial charge is 0.480 e. The molecule has 1 heterocycles. The van der Waals surface area contributed by atoms with Crippen LogP contribution in [0.25, 0.3) is 11.3 Å². The second kappa shape index (κ2) is 8.77. The molecule has 1 aromatic heterocycles. The topological polar surface area (TPSA) is 99.8 Å². The quantitative estimate of drug-likeness (QED) is 0.616. The highest BCUT2D eigenvalue weighted by Gasteiger charge is 2.27. The summed E-state index contributed by atoms with van der Waals surface area (Å²) in [4.78, 5) is 22.9. The Kier molecular flexibility index (Phi) is 6.68. The third-order valence-electron chi connectivity index (χ3n) is 3.92. The molecule has 0 radical (unpaired) electrons. The average molecular weight is 381 g/mol. The van der Waals surface area contributed by atoms with E-state index in [9.17, 15) is 28.6 Å². The average Bonchev–Trinajstić information content (AvgIpc) is 3.00. The van der Waals surface area contributed by atoms with Crippen molar-refractivity contribution >= 4 is 11.9 Å². The number of furan rings is 1. The van der Waals surface area contributed by atoms with Crippen LogP contribution in [0.1, 0.15) is 26.0 Å². The number of hydrogen-bond donors (Lipinski definition) is 3. The van der Waals surface area contributed by atoms with Crippen molar-refractivity contribution in [2.45, 2.75) is 38.8 Å². The zero-order valence-electron chi connectivity index (χ0n) is 14.9. The fourth-order valence-electron chi connectivity index (χ4n) is 2.71. The summed E-state index contributed by atoms with van der Waals surface area (Å²) in [5, 5.41) is 21.3. The van der Waals surface area contributed by atoms with Crippen molar-refractivity contribution in [2.24, 2.45) is 5.92 Å². The summed E-state index contributed by atoms with van der Waals surface area (Å²) in [6.45, 7) is 3.68. The van der Waals surface area contributed by atoms with Crippen LogP contribution >= 0.6 is 0 Å². The molecule has 0 bridgehead atoms. The number of halogens is 2. The molecule has 6 nitrogen and oxygen atoms in total. The highest BCUT2D eigenvalue weighted by Crippen LogP contribution is 2.25. The zero-order valence-corrected chi connectivity index (χ0v) is 14.9. The molecule has 0 amide bonds. The van der Waals surface area contributed by atoms with E-state index in [1.165, 1.54) is 12.1 Å². The van der Waals surface area contributed by atoms with Gasteiger partial charge in [0.05, 0.1) is 0 Å². The van der Waals surface area contributed by atoms with Gasteiger partial charge in [0.2, 0.25) is 0 Å². The number of hydrogen-bond acceptors (Lipinski definition) is 4. The van der Waals surface area contributed by atoms with E-state index >= 15 is 0 Å². The number of nitrogens with one attached hydrogen (secondary N) is 1. The van der Waals surface area contributed by atoms with E-state index in [4.69, 9.17) is 4.42 Å². The first-order valence-electron chi connectivity index (χ1n) is 8.42. The van der Waals surface area contributed by atoms with Crippen molar-refractivity contribution in [3.63, 3.8) is 0 Å². The van der Waals surface area contributed by atoms with Gasteiger partial charge in [0.1, 0.15) is 35.2 Å². The molecule has 0 saturated heterocycles. The first kappa shape index (κ1) is 20.6. The highest BCUT2D eigenvalue weighted by molar-refractivity contribution is 5.77. The van der Waals surface area contributed by atoms with E-state index in [-0.39, 0.29) is 35.8 Å². The zero-order chi connectivity index (χ0) is 20.1. The number of aliphatic carboxylic acids is 2. The van der Waals surface area contributed by atoms with Gasteiger partial charge in [-0.05, 0) is 36.6 Å². The van der Waals surface area contributed by atoms with Crippen molar-refractivity contribution in [3.05, 3.63) is 47.7 Å². The normalized spacial score (nSPS) is 13.5. The van der Waals surface area contributed by atoms with Crippen molar-refractivity contribution in [2.75, 3.05) is 0 Å². The lowest BCUT2D eigenvalue weighted by molar-refractivity contribution is -0.143. The molecule has 2 atom stereocenters. The van der Waals surface area contributed by atoms with Gasteiger partial charge in [-0.2, -0.15) is 0 Å². The van der Waals surface area contributed by atoms with Gasteiger partial charge in [-0.25, -0.2) is 8.78 Å². The molecule has 0 saturated carbocycles. The second-order valence-electron chi connectivity index (χ2n) is 6.71. The maximum absolute atomic E-state index is 13.3. The molecule has 3 N–H and O–H groups in total. The van der Waals surface area contributed by atoms with Crippen molar-refractivity contribution < 1.29 is 33.0 Å². The minimum absolute atomic E-state index is 0.0612. The molecular weight excluding hydrogens is 360 g/mol. The maximum atomic E-state index is 13.3. The number of carboxylic acids is 2. The highest BCUT2D eigenvalue weighted by atomic mass is 19.1. The lowest BCUT2D eigenvalue weighted by Crippen LogP contribution is -2.48. The van der Waals surface area contributed by atoms with Gasteiger partial charge in [0.25, 0.3) is 0 Å². The monoisotopic (exact) mass is 381 g/mol. The van der Waals surface area contributed by atoms with Crippen LogP contribution < -0.4 is 5.32 Å². The van der Waals surface area contributed by atoms with Gasteiger partial charge in [0, 0.05) is 18.1 Å². The minimum atomic E-state index is -1.22. The Balaban J connectivity index is 2.16. The maximum Gasteiger partial charge on any atom is 0.321 e. The van der Waals surface area contributed by atoms with Crippen LogP contribution in [0.4, 0.5) is 8.78 Å². The Bertz CT molecular complexity index is 798. The third kappa shape index (κ3) is 5.89. The van der Waals surface area contributed by atoms with Crippen LogP contribution in [-0.4, -0.2) is 34.2 Å². The Hall–Kier alpha value is -2.74. The number of carboxylic acid groups (broad SMARTS) is 2. The molecule has 0 aliphatic heterocycles. The van der Waals surface area contributed by atoms with E-state index in [1.54, 1.807) is 0 Å². The Morgan fingerprint density at radius 3 is 2.15 bits per heavy atom. The van der Waals surface area contributed by atoms with E-state index in [0.717, 1.165) is 18.2 Å². The lowest BCUT2D eigenvalue weighted by atomic mass is 10.0. The van der Waals surface area contributed by atoms with E-state index in [0.29, 0.717) is 0 Å². The predicted octanol–water partition coefficient (Wildman–Crippen LogP) is 3.31. The van der Waals surface area contributed by atoms with Gasteiger partial charge in [0.15, 0.2) is 0 Å². The summed E-state index contributed by atoms with van der Waals surface area (Å²) in [7, 11) is 0. The molecule has 0 spiro atoms. The van der Waals surface area contributed by atoms with Crippen LogP contribution in [0.3, 0.4) is 0 Å². The third-order valence-corrected chi connectivity index (χ3v) is 3.92. The van der Waals surface area contributed by atoms with Crippen LogP contribution in [0.5, 0.6) is 0 Å². The molecule has 146 valence electrons. The molecule has 2 rings (SSSR count). The number of rotatable bonds is 9. The summed E-state index contributed by atoms with van der Waals surface area (Å²) in [6.07, 6.45) is 0.153. The van der Waals surface area contributed by atoms with Gasteiger partial charge in [-0.15, -0.1) is 0 Å². The van der Waals surface area contributed by atoms with Crippen LogP contribution in [-0.2, 0) is 16.0 Å². The van der Waals surface area contributed by atoms with Crippen molar-refractivity contribution in [1.82, 2.24) is 5.32 Å². The molecule has 27 heavy (non-hydrogen) atoms. The molecule has 0 aliphatic rings. The molecule has 8 heteroatoms. The predicted molar refractivity (Wildman–Crippen MR) is 93.2 cm³/mol. The van der Waals surface area contributed by atoms with Crippen molar-refractivity contribution in [3.8, 4) is 11.3 Å². The fourth-order valence-corrected chi connectivity index (χ4v) is 2.71. The summed E-state index contributed by atoms with van der Waals surface area (Å²) >= 11 is 0. The van der Waals surface area contributed by atoms with Crippen molar-refractivity contribution in [1.29, 1.82) is 0 Å². The first-order chi connectivity index (χ1) is 12.7. The standard InChI is InChI=1S/C19H21F2NO5/c1-10(2)5-15(18(23)24)22-16(19(25)26)9-14-3-4-17(27-14)11-6-12(20)8-13(21)7-11/h3-4,6-8,10,15-16,22H,5,9H2,1-2H3,(H,23,24)(H,25,26). The Morgan fingerprint density at radius 1 is 1.04 bits per heavy atom. The fraction of sp³-hybridized carbons (Fsp3) is 0.368. The Labute approximate surface area is 154 Å². The summed E-state index contributed by atoms with van der Waals surface area (Å²) < 4.78 is 32.2. The lowest BCUT2D eigenvalue weighted by Gasteiger charge is -2.21. The van der Waals surface area contributed by atoms with E-state index in [2.05, 4.69) is 5.32 Å². The second-order valence-corrected chi connectivity index (χ2v) is 6.71. The smallest absolute Gasteiger partial charge is 0.321 e. The van der Waals surface area contributed by atoms with E-state index < -0.39 is 35.7 Å². The molecule has 2 unspecified atom stereocenters. The molecule has 0 aliphatic carbocycles. The molecule has 2 aromatic rings. The summed E-state index contributed by atoms with van der Waals surface area (Å²) in [6, 6.07) is 3.70. The molecular formula is C19H21F2NO5. The van der Waals surface area contributed by atoms with Gasteiger partial charge >= 0.3 is 11.9 Å². The number of carbonyl (C=O) groups is 2. The molecule has 1 aromatic carbocycles. The SMILES string of the molecule is CC(C)CC(NC(Cc1ccc(-c2cc(F)cc(F)c2)o1)C(=O)O)C(=O)O. The van der Waals surface area contributed by atoms with Gasteiger partial charge in [-0.3, -0.25) is 14.9 Å². The minimum Gasteiger partial charge on any atom is -0.480 e. The van der Waals surface area contributed by atoms with E-state index in [1.807, 2.05) is 13.8 Å². The van der Waals surface area contributed by atoms with Gasteiger partial charge < -0.3 is 14.6 Å². The first-order valence-corrected chi connectivity index (χ1v) is 8.42.